The Morgan fingerprint density at radius 2 is 1.82 bits per heavy atom. The Hall–Kier alpha value is -3.60. The molecular weight excluding hydrogens is 460 g/mol. The molecule has 2 aromatic carbocycles. The predicted molar refractivity (Wildman–Crippen MR) is 131 cm³/mol. The van der Waals surface area contributed by atoms with Crippen LogP contribution in [0, 0.1) is 18.3 Å². The van der Waals surface area contributed by atoms with Gasteiger partial charge >= 0.3 is 5.97 Å². The van der Waals surface area contributed by atoms with Crippen LogP contribution in [0.2, 0.25) is 5.02 Å². The highest BCUT2D eigenvalue weighted by molar-refractivity contribution is 7.17. The summed E-state index contributed by atoms with van der Waals surface area (Å²) in [4.78, 5) is 26.3. The number of ether oxygens (including phenoxy) is 2. The lowest BCUT2D eigenvalue weighted by Gasteiger charge is -2.09. The summed E-state index contributed by atoms with van der Waals surface area (Å²) < 4.78 is 10.5. The summed E-state index contributed by atoms with van der Waals surface area (Å²) in [5.41, 5.74) is 2.22. The fraction of sp³-hybridized carbons (Fsp3) is 0.160. The standard InChI is InChI=1S/C25H21ClN2O4S/c1-4-32-20-11-7-17(8-12-20)21-15(2)33-24(22(21)25(30)31-3)28-23(29)18(14-27)13-16-5-9-19(26)10-6-16/h5-13H,4H2,1-3H3,(H,28,29)/b18-13+. The molecule has 6 nitrogen and oxygen atoms in total. The van der Waals surface area contributed by atoms with Crippen molar-refractivity contribution in [1.82, 2.24) is 0 Å². The Morgan fingerprint density at radius 3 is 2.39 bits per heavy atom. The van der Waals surface area contributed by atoms with Gasteiger partial charge < -0.3 is 14.8 Å². The van der Waals surface area contributed by atoms with Gasteiger partial charge in [-0.15, -0.1) is 11.3 Å². The van der Waals surface area contributed by atoms with E-state index in [-0.39, 0.29) is 11.1 Å². The number of aryl methyl sites for hydroxylation is 1. The molecule has 0 radical (unpaired) electrons. The minimum absolute atomic E-state index is 0.109. The Labute approximate surface area is 201 Å². The van der Waals surface area contributed by atoms with Gasteiger partial charge in [-0.25, -0.2) is 4.79 Å². The van der Waals surface area contributed by atoms with Crippen molar-refractivity contribution in [2.75, 3.05) is 19.0 Å². The summed E-state index contributed by atoms with van der Waals surface area (Å²) in [5.74, 6) is -0.496. The Bertz CT molecular complexity index is 1240. The number of halogens is 1. The maximum Gasteiger partial charge on any atom is 0.341 e. The molecule has 168 valence electrons. The second kappa shape index (κ2) is 10.8. The van der Waals surface area contributed by atoms with E-state index in [1.165, 1.54) is 24.5 Å². The van der Waals surface area contributed by atoms with Crippen LogP contribution in [0.4, 0.5) is 5.00 Å². The molecule has 3 rings (SSSR count). The molecule has 0 atom stereocenters. The zero-order chi connectivity index (χ0) is 24.0. The van der Waals surface area contributed by atoms with Crippen LogP contribution < -0.4 is 10.1 Å². The lowest BCUT2D eigenvalue weighted by molar-refractivity contribution is -0.112. The van der Waals surface area contributed by atoms with Crippen LogP contribution in [0.15, 0.2) is 54.1 Å². The van der Waals surface area contributed by atoms with Crippen molar-refractivity contribution in [2.45, 2.75) is 13.8 Å². The lowest BCUT2D eigenvalue weighted by Crippen LogP contribution is -2.15. The summed E-state index contributed by atoms with van der Waals surface area (Å²) in [6.07, 6.45) is 1.46. The number of carbonyl (C=O) groups excluding carboxylic acids is 2. The largest absolute Gasteiger partial charge is 0.494 e. The number of nitrogens with one attached hydrogen (secondary N) is 1. The summed E-state index contributed by atoms with van der Waals surface area (Å²) in [6, 6.07) is 16.0. The molecule has 0 saturated heterocycles. The molecule has 0 unspecified atom stereocenters. The third kappa shape index (κ3) is 5.61. The van der Waals surface area contributed by atoms with Gasteiger partial charge in [-0.3, -0.25) is 4.79 Å². The molecule has 1 heterocycles. The highest BCUT2D eigenvalue weighted by Crippen LogP contribution is 2.41. The molecule has 0 aliphatic heterocycles. The summed E-state index contributed by atoms with van der Waals surface area (Å²) >= 11 is 7.13. The number of hydrogen-bond acceptors (Lipinski definition) is 6. The van der Waals surface area contributed by atoms with Gasteiger partial charge in [-0.2, -0.15) is 5.26 Å². The van der Waals surface area contributed by atoms with Gasteiger partial charge in [0.1, 0.15) is 28.0 Å². The smallest absolute Gasteiger partial charge is 0.341 e. The summed E-state index contributed by atoms with van der Waals surface area (Å²) in [5, 5.41) is 13.1. The Balaban J connectivity index is 1.98. The van der Waals surface area contributed by atoms with Gasteiger partial charge in [0.25, 0.3) is 5.91 Å². The van der Waals surface area contributed by atoms with Crippen LogP contribution in [0.25, 0.3) is 17.2 Å². The van der Waals surface area contributed by atoms with Gasteiger partial charge in [-0.05, 0) is 55.3 Å². The van der Waals surface area contributed by atoms with Crippen molar-refractivity contribution in [3.63, 3.8) is 0 Å². The number of esters is 1. The fourth-order valence-electron chi connectivity index (χ4n) is 3.21. The molecular formula is C25H21ClN2O4S. The molecule has 0 aliphatic carbocycles. The number of rotatable bonds is 7. The van der Waals surface area contributed by atoms with Crippen molar-refractivity contribution in [3.05, 3.63) is 75.1 Å². The third-order valence-electron chi connectivity index (χ3n) is 4.70. The first-order chi connectivity index (χ1) is 15.9. The normalized spacial score (nSPS) is 10.9. The quantitative estimate of drug-likeness (QED) is 0.250. The number of nitriles is 1. The predicted octanol–water partition coefficient (Wildman–Crippen LogP) is 6.11. The van der Waals surface area contributed by atoms with Gasteiger partial charge in [0.05, 0.1) is 13.7 Å². The van der Waals surface area contributed by atoms with E-state index < -0.39 is 11.9 Å². The zero-order valence-corrected chi connectivity index (χ0v) is 19.8. The summed E-state index contributed by atoms with van der Waals surface area (Å²) in [6.45, 7) is 4.30. The number of nitrogens with zero attached hydrogens (tertiary/aromatic N) is 1. The molecule has 1 aromatic heterocycles. The number of carbonyl (C=O) groups is 2. The average Bonchev–Trinajstić information content (AvgIpc) is 3.14. The molecule has 0 saturated carbocycles. The molecule has 8 heteroatoms. The first kappa shape index (κ1) is 24.1. The molecule has 1 N–H and O–H groups in total. The minimum atomic E-state index is -0.628. The lowest BCUT2D eigenvalue weighted by atomic mass is 10.0. The summed E-state index contributed by atoms with van der Waals surface area (Å²) in [7, 11) is 1.28. The van der Waals surface area contributed by atoms with Crippen LogP contribution in [0.5, 0.6) is 5.75 Å². The highest BCUT2D eigenvalue weighted by atomic mass is 35.5. The molecule has 1 amide bonds. The minimum Gasteiger partial charge on any atom is -0.494 e. The number of benzene rings is 2. The number of methoxy groups -OCH3 is 1. The average molecular weight is 481 g/mol. The highest BCUT2D eigenvalue weighted by Gasteiger charge is 2.26. The monoisotopic (exact) mass is 480 g/mol. The number of thiophene rings is 1. The van der Waals surface area contributed by atoms with Gasteiger partial charge in [-0.1, -0.05) is 35.9 Å². The van der Waals surface area contributed by atoms with E-state index in [0.29, 0.717) is 33.5 Å². The number of hydrogen-bond donors (Lipinski definition) is 1. The van der Waals surface area contributed by atoms with Crippen LogP contribution >= 0.6 is 22.9 Å². The second-order valence-electron chi connectivity index (χ2n) is 6.86. The zero-order valence-electron chi connectivity index (χ0n) is 18.3. The Kier molecular flexibility index (Phi) is 7.88. The van der Waals surface area contributed by atoms with E-state index in [9.17, 15) is 14.9 Å². The molecule has 0 fully saturated rings. The fourth-order valence-corrected chi connectivity index (χ4v) is 4.39. The van der Waals surface area contributed by atoms with E-state index in [1.54, 1.807) is 24.3 Å². The second-order valence-corrected chi connectivity index (χ2v) is 8.52. The van der Waals surface area contributed by atoms with Crippen LogP contribution in [-0.4, -0.2) is 25.6 Å². The molecule has 0 aliphatic rings. The Morgan fingerprint density at radius 1 is 1.15 bits per heavy atom. The molecule has 3 aromatic rings. The van der Waals surface area contributed by atoms with Crippen molar-refractivity contribution < 1.29 is 19.1 Å². The molecule has 0 bridgehead atoms. The van der Waals surface area contributed by atoms with Crippen LogP contribution in [-0.2, 0) is 9.53 Å². The van der Waals surface area contributed by atoms with Gasteiger partial charge in [0, 0.05) is 15.5 Å². The number of amides is 1. The SMILES string of the molecule is CCOc1ccc(-c2c(C)sc(NC(=O)/C(C#N)=C/c3ccc(Cl)cc3)c2C(=O)OC)cc1. The van der Waals surface area contributed by atoms with Gasteiger partial charge in [0.2, 0.25) is 0 Å². The van der Waals surface area contributed by atoms with Crippen molar-refractivity contribution in [3.8, 4) is 22.9 Å². The molecule has 0 spiro atoms. The first-order valence-electron chi connectivity index (χ1n) is 10.0. The van der Waals surface area contributed by atoms with E-state index in [0.717, 1.165) is 10.4 Å². The van der Waals surface area contributed by atoms with E-state index in [4.69, 9.17) is 21.1 Å². The van der Waals surface area contributed by atoms with E-state index in [1.807, 2.05) is 44.2 Å². The van der Waals surface area contributed by atoms with Crippen molar-refractivity contribution in [2.24, 2.45) is 0 Å². The van der Waals surface area contributed by atoms with E-state index >= 15 is 0 Å². The third-order valence-corrected chi connectivity index (χ3v) is 5.97. The van der Waals surface area contributed by atoms with Crippen LogP contribution in [0.1, 0.15) is 27.7 Å². The van der Waals surface area contributed by atoms with E-state index in [2.05, 4.69) is 5.32 Å². The maximum absolute atomic E-state index is 12.9. The van der Waals surface area contributed by atoms with Gasteiger partial charge in [0.15, 0.2) is 0 Å². The molecule has 33 heavy (non-hydrogen) atoms. The number of anilines is 1. The van der Waals surface area contributed by atoms with Crippen LogP contribution in [0.3, 0.4) is 0 Å². The first-order valence-corrected chi connectivity index (χ1v) is 11.2. The van der Waals surface area contributed by atoms with Crippen molar-refractivity contribution in [1.29, 1.82) is 5.26 Å². The van der Waals surface area contributed by atoms with Crippen molar-refractivity contribution >= 4 is 45.9 Å². The topological polar surface area (TPSA) is 88.4 Å². The maximum atomic E-state index is 12.9.